The van der Waals surface area contributed by atoms with Crippen LogP contribution in [-0.2, 0) is 9.47 Å². The monoisotopic (exact) mass is 682 g/mol. The summed E-state index contributed by atoms with van der Waals surface area (Å²) in [4.78, 5) is 32.4. The van der Waals surface area contributed by atoms with E-state index >= 15 is 0 Å². The topological polar surface area (TPSA) is 101 Å². The lowest BCUT2D eigenvalue weighted by Gasteiger charge is -2.43. The fourth-order valence-electron chi connectivity index (χ4n) is 5.03. The average molecular weight is 684 g/mol. The highest BCUT2D eigenvalue weighted by Gasteiger charge is 2.53. The first kappa shape index (κ1) is 32.7. The van der Waals surface area contributed by atoms with Crippen molar-refractivity contribution in [2.24, 2.45) is 0 Å². The van der Waals surface area contributed by atoms with Crippen molar-refractivity contribution in [3.05, 3.63) is 76.3 Å². The summed E-state index contributed by atoms with van der Waals surface area (Å²) in [7, 11) is -3.26. The fraction of sp³-hybridized carbons (Fsp3) is 0.364. The Morgan fingerprint density at radius 3 is 1.63 bits per heavy atom. The summed E-state index contributed by atoms with van der Waals surface area (Å²) in [6.45, 7) is 17.1. The van der Waals surface area contributed by atoms with E-state index in [0.717, 1.165) is 21.7 Å². The molecule has 0 bridgehead atoms. The largest absolute Gasteiger partial charge is 0.532 e. The molecule has 0 aliphatic rings. The van der Waals surface area contributed by atoms with E-state index in [1.165, 1.54) is 0 Å². The third kappa shape index (κ3) is 6.66. The standard InChI is InChI=1S/C33H39BrN2O5SSi/c1-31(2,3)39-28(37)22-24(34)23(29(38)40-32(4,5)6)27-25(36-30(35)42-27)26(22)41-43(33(7,8)9,20-16-12-10-13-17-20)21-18-14-11-15-19-21/h10-19H,1-9H3,(H2,35,36). The van der Waals surface area contributed by atoms with Crippen LogP contribution in [0.5, 0.6) is 5.75 Å². The Morgan fingerprint density at radius 1 is 0.767 bits per heavy atom. The molecule has 43 heavy (non-hydrogen) atoms. The molecule has 1 heterocycles. The van der Waals surface area contributed by atoms with E-state index in [-0.39, 0.29) is 26.5 Å². The van der Waals surface area contributed by atoms with Gasteiger partial charge in [-0.3, -0.25) is 0 Å². The maximum Gasteiger partial charge on any atom is 0.343 e. The van der Waals surface area contributed by atoms with Crippen LogP contribution in [0, 0.1) is 0 Å². The van der Waals surface area contributed by atoms with Gasteiger partial charge in [0.05, 0.1) is 14.7 Å². The van der Waals surface area contributed by atoms with Crippen molar-refractivity contribution in [2.45, 2.75) is 78.6 Å². The molecule has 0 aliphatic heterocycles. The zero-order chi connectivity index (χ0) is 32.0. The first-order valence-electron chi connectivity index (χ1n) is 14.0. The summed E-state index contributed by atoms with van der Waals surface area (Å²) < 4.78 is 19.7. The lowest BCUT2D eigenvalue weighted by Crippen LogP contribution is -2.69. The van der Waals surface area contributed by atoms with Gasteiger partial charge in [-0.25, -0.2) is 14.6 Å². The zero-order valence-electron chi connectivity index (χ0n) is 26.1. The molecule has 0 fully saturated rings. The van der Waals surface area contributed by atoms with Crippen molar-refractivity contribution in [3.63, 3.8) is 0 Å². The number of rotatable bonds is 6. The quantitative estimate of drug-likeness (QED) is 0.166. The minimum atomic E-state index is -3.26. The highest BCUT2D eigenvalue weighted by Crippen LogP contribution is 2.47. The molecule has 1 aromatic heterocycles. The predicted octanol–water partition coefficient (Wildman–Crippen LogP) is 7.49. The highest BCUT2D eigenvalue weighted by molar-refractivity contribution is 9.10. The van der Waals surface area contributed by atoms with E-state index in [0.29, 0.717) is 10.2 Å². The molecule has 0 saturated heterocycles. The number of hydrogen-bond donors (Lipinski definition) is 1. The normalized spacial score (nSPS) is 12.7. The van der Waals surface area contributed by atoms with E-state index in [1.54, 1.807) is 41.5 Å². The molecule has 3 aromatic carbocycles. The summed E-state index contributed by atoms with van der Waals surface area (Å²) in [6.07, 6.45) is 0. The van der Waals surface area contributed by atoms with Crippen LogP contribution in [0.1, 0.15) is 83.0 Å². The second-order valence-electron chi connectivity index (χ2n) is 13.4. The molecule has 7 nitrogen and oxygen atoms in total. The van der Waals surface area contributed by atoms with Gasteiger partial charge >= 0.3 is 20.3 Å². The minimum absolute atomic E-state index is 0.0570. The molecule has 2 N–H and O–H groups in total. The van der Waals surface area contributed by atoms with Gasteiger partial charge in [-0.15, -0.1) is 0 Å². The third-order valence-corrected chi connectivity index (χ3v) is 13.2. The van der Waals surface area contributed by atoms with Gasteiger partial charge in [0.25, 0.3) is 0 Å². The molecule has 0 saturated carbocycles. The number of nitrogens with zero attached hydrogens (tertiary/aromatic N) is 1. The maximum absolute atomic E-state index is 14.1. The molecule has 0 unspecified atom stereocenters. The average Bonchev–Trinajstić information content (AvgIpc) is 3.25. The van der Waals surface area contributed by atoms with Crippen molar-refractivity contribution in [3.8, 4) is 5.75 Å². The van der Waals surface area contributed by atoms with Gasteiger partial charge in [-0.05, 0) is 72.9 Å². The van der Waals surface area contributed by atoms with Crippen LogP contribution in [0.4, 0.5) is 5.13 Å². The number of halogens is 1. The third-order valence-electron chi connectivity index (χ3n) is 6.63. The van der Waals surface area contributed by atoms with Crippen LogP contribution in [-0.4, -0.2) is 36.4 Å². The van der Waals surface area contributed by atoms with Crippen LogP contribution in [0.2, 0.25) is 5.04 Å². The molecule has 4 rings (SSSR count). The van der Waals surface area contributed by atoms with E-state index in [2.05, 4.69) is 66.0 Å². The van der Waals surface area contributed by atoms with Crippen LogP contribution < -0.4 is 20.5 Å². The molecular weight excluding hydrogens is 644 g/mol. The van der Waals surface area contributed by atoms with E-state index in [4.69, 9.17) is 19.6 Å². The molecule has 0 spiro atoms. The minimum Gasteiger partial charge on any atom is -0.532 e. The summed E-state index contributed by atoms with van der Waals surface area (Å²) >= 11 is 4.76. The van der Waals surface area contributed by atoms with Gasteiger partial charge in [-0.2, -0.15) is 0 Å². The zero-order valence-corrected chi connectivity index (χ0v) is 29.5. The number of carbonyl (C=O) groups is 2. The SMILES string of the molecule is CC(C)(C)OC(=O)c1c(Br)c(C(=O)OC(C)(C)C)c2sc(N)nc2c1O[Si](c1ccccc1)(c1ccccc1)C(C)(C)C. The number of anilines is 1. The Balaban J connectivity index is 2.16. The number of hydrogen-bond acceptors (Lipinski definition) is 8. The maximum atomic E-state index is 14.1. The predicted molar refractivity (Wildman–Crippen MR) is 180 cm³/mol. The van der Waals surface area contributed by atoms with E-state index in [1.807, 2.05) is 36.4 Å². The molecule has 10 heteroatoms. The van der Waals surface area contributed by atoms with Crippen LogP contribution >= 0.6 is 27.3 Å². The Bertz CT molecular complexity index is 1610. The summed E-state index contributed by atoms with van der Waals surface area (Å²) in [5.74, 6) is -1.06. The number of nitrogen functional groups attached to an aromatic ring is 1. The summed E-state index contributed by atoms with van der Waals surface area (Å²) in [5, 5.41) is 1.81. The molecule has 0 radical (unpaired) electrons. The van der Waals surface area contributed by atoms with Crippen LogP contribution in [0.25, 0.3) is 10.2 Å². The number of benzene rings is 3. The van der Waals surface area contributed by atoms with E-state index < -0.39 is 36.5 Å². The Kier molecular flexibility index (Phi) is 8.90. The van der Waals surface area contributed by atoms with Crippen LogP contribution in [0.15, 0.2) is 65.1 Å². The second kappa shape index (κ2) is 11.7. The van der Waals surface area contributed by atoms with Crippen LogP contribution in [0.3, 0.4) is 0 Å². The number of esters is 2. The Morgan fingerprint density at radius 2 is 1.21 bits per heavy atom. The van der Waals surface area contributed by atoms with Gasteiger partial charge in [0.1, 0.15) is 28.0 Å². The summed E-state index contributed by atoms with van der Waals surface area (Å²) in [5.41, 5.74) is 5.19. The van der Waals surface area contributed by atoms with E-state index in [9.17, 15) is 9.59 Å². The smallest absolute Gasteiger partial charge is 0.343 e. The lowest BCUT2D eigenvalue weighted by molar-refractivity contribution is 0.00663. The number of aromatic nitrogens is 1. The van der Waals surface area contributed by atoms with Crippen molar-refractivity contribution in [1.82, 2.24) is 4.98 Å². The number of thiazole rings is 1. The molecule has 0 atom stereocenters. The van der Waals surface area contributed by atoms with Gasteiger partial charge in [-0.1, -0.05) is 92.8 Å². The molecule has 228 valence electrons. The molecule has 4 aromatic rings. The lowest BCUT2D eigenvalue weighted by atomic mass is 10.1. The van der Waals surface area contributed by atoms with Crippen molar-refractivity contribution in [2.75, 3.05) is 5.73 Å². The number of nitrogens with two attached hydrogens (primary N) is 1. The number of fused-ring (bicyclic) bond motifs is 1. The van der Waals surface area contributed by atoms with Crippen molar-refractivity contribution in [1.29, 1.82) is 0 Å². The van der Waals surface area contributed by atoms with Gasteiger partial charge in [0.2, 0.25) is 0 Å². The van der Waals surface area contributed by atoms with Gasteiger partial charge in [0.15, 0.2) is 5.13 Å². The molecular formula is C33H39BrN2O5SSi. The summed E-state index contributed by atoms with van der Waals surface area (Å²) in [6, 6.07) is 20.1. The van der Waals surface area contributed by atoms with Gasteiger partial charge in [0, 0.05) is 0 Å². The highest BCUT2D eigenvalue weighted by atomic mass is 79.9. The first-order chi connectivity index (χ1) is 19.9. The van der Waals surface area contributed by atoms with Crippen molar-refractivity contribution < 1.29 is 23.5 Å². The number of ether oxygens (including phenoxy) is 2. The Hall–Kier alpha value is -3.21. The second-order valence-corrected chi connectivity index (χ2v) is 19.4. The fourth-order valence-corrected chi connectivity index (χ4v) is 11.2. The molecule has 0 amide bonds. The van der Waals surface area contributed by atoms with Gasteiger partial charge < -0.3 is 19.6 Å². The molecule has 0 aliphatic carbocycles. The Labute approximate surface area is 267 Å². The number of carbonyl (C=O) groups excluding carboxylic acids is 2. The first-order valence-corrected chi connectivity index (χ1v) is 17.6. The van der Waals surface area contributed by atoms with Crippen molar-refractivity contribution >= 4 is 73.2 Å².